The van der Waals surface area contributed by atoms with Gasteiger partial charge in [-0.15, -0.1) is 0 Å². The number of hydrogen-bond donors (Lipinski definition) is 1. The zero-order chi connectivity index (χ0) is 23.3. The summed E-state index contributed by atoms with van der Waals surface area (Å²) in [7, 11) is 2.09. The van der Waals surface area contributed by atoms with Gasteiger partial charge in [-0.2, -0.15) is 4.98 Å². The second-order valence-corrected chi connectivity index (χ2v) is 8.49. The van der Waals surface area contributed by atoms with Crippen LogP contribution in [0.4, 0.5) is 11.6 Å². The molecule has 1 aliphatic rings. The molecule has 8 heteroatoms. The Morgan fingerprint density at radius 2 is 1.91 bits per heavy atom. The third-order valence-electron chi connectivity index (χ3n) is 6.13. The van der Waals surface area contributed by atoms with E-state index in [2.05, 4.69) is 63.0 Å². The van der Waals surface area contributed by atoms with Crippen molar-refractivity contribution in [3.8, 4) is 5.88 Å². The molecule has 1 saturated heterocycles. The summed E-state index contributed by atoms with van der Waals surface area (Å²) in [5.41, 5.74) is 5.41. The van der Waals surface area contributed by atoms with Crippen LogP contribution in [-0.2, 0) is 24.8 Å². The SMILES string of the molecule is Cc1cc2cc(NCc3cc(OCCc4ccccn4)nc(N4CCOCC4)n3)ccc2n1C. The minimum absolute atomic E-state index is 0.507. The summed E-state index contributed by atoms with van der Waals surface area (Å²) in [6.45, 7) is 6.11. The summed E-state index contributed by atoms with van der Waals surface area (Å²) < 4.78 is 13.7. The van der Waals surface area contributed by atoms with Gasteiger partial charge < -0.3 is 24.3 Å². The Balaban J connectivity index is 1.31. The number of aryl methyl sites for hydroxylation is 2. The molecular weight excluding hydrogens is 428 g/mol. The van der Waals surface area contributed by atoms with Gasteiger partial charge >= 0.3 is 0 Å². The van der Waals surface area contributed by atoms with E-state index in [0.717, 1.165) is 36.6 Å². The second kappa shape index (κ2) is 10.1. The van der Waals surface area contributed by atoms with Gasteiger partial charge in [-0.05, 0) is 43.3 Å². The van der Waals surface area contributed by atoms with Crippen molar-refractivity contribution >= 4 is 22.5 Å². The van der Waals surface area contributed by atoms with Gasteiger partial charge in [0, 0.05) is 66.8 Å². The lowest BCUT2D eigenvalue weighted by Gasteiger charge is -2.27. The topological polar surface area (TPSA) is 77.3 Å². The quantitative estimate of drug-likeness (QED) is 0.431. The molecule has 1 N–H and O–H groups in total. The minimum atomic E-state index is 0.507. The highest BCUT2D eigenvalue weighted by Gasteiger charge is 2.16. The van der Waals surface area contributed by atoms with Crippen molar-refractivity contribution < 1.29 is 9.47 Å². The third kappa shape index (κ3) is 5.12. The van der Waals surface area contributed by atoms with Crippen molar-refractivity contribution in [2.24, 2.45) is 7.05 Å². The number of aromatic nitrogens is 4. The van der Waals surface area contributed by atoms with Crippen molar-refractivity contribution in [2.75, 3.05) is 43.1 Å². The van der Waals surface area contributed by atoms with E-state index in [-0.39, 0.29) is 0 Å². The van der Waals surface area contributed by atoms with Gasteiger partial charge in [-0.3, -0.25) is 4.98 Å². The highest BCUT2D eigenvalue weighted by molar-refractivity contribution is 5.84. The largest absolute Gasteiger partial charge is 0.477 e. The maximum absolute atomic E-state index is 6.03. The van der Waals surface area contributed by atoms with Crippen molar-refractivity contribution in [2.45, 2.75) is 19.9 Å². The Morgan fingerprint density at radius 1 is 1.03 bits per heavy atom. The third-order valence-corrected chi connectivity index (χ3v) is 6.13. The summed E-state index contributed by atoms with van der Waals surface area (Å²) in [4.78, 5) is 16.0. The monoisotopic (exact) mass is 458 g/mol. The predicted molar refractivity (Wildman–Crippen MR) is 133 cm³/mol. The molecule has 8 nitrogen and oxygen atoms in total. The van der Waals surface area contributed by atoms with Crippen LogP contribution >= 0.6 is 0 Å². The van der Waals surface area contributed by atoms with Crippen molar-refractivity contribution in [3.63, 3.8) is 0 Å². The number of ether oxygens (including phenoxy) is 2. The van der Waals surface area contributed by atoms with E-state index in [0.29, 0.717) is 38.2 Å². The number of pyridine rings is 1. The highest BCUT2D eigenvalue weighted by Crippen LogP contribution is 2.23. The molecule has 34 heavy (non-hydrogen) atoms. The number of rotatable bonds is 8. The van der Waals surface area contributed by atoms with Gasteiger partial charge in [-0.1, -0.05) is 6.07 Å². The first-order valence-corrected chi connectivity index (χ1v) is 11.7. The zero-order valence-corrected chi connectivity index (χ0v) is 19.7. The maximum atomic E-state index is 6.03. The first kappa shape index (κ1) is 22.2. The van der Waals surface area contributed by atoms with Gasteiger partial charge in [0.1, 0.15) is 0 Å². The van der Waals surface area contributed by atoms with Gasteiger partial charge in [0.2, 0.25) is 11.8 Å². The molecule has 1 fully saturated rings. The van der Waals surface area contributed by atoms with Gasteiger partial charge in [0.15, 0.2) is 0 Å². The summed E-state index contributed by atoms with van der Waals surface area (Å²) in [5, 5.41) is 4.74. The van der Waals surface area contributed by atoms with Gasteiger partial charge in [0.05, 0.1) is 32.1 Å². The van der Waals surface area contributed by atoms with Crippen LogP contribution in [0, 0.1) is 6.92 Å². The molecule has 0 aliphatic carbocycles. The Kier molecular flexibility index (Phi) is 6.58. The lowest BCUT2D eigenvalue weighted by molar-refractivity contribution is 0.122. The Labute approximate surface area is 199 Å². The number of fused-ring (bicyclic) bond motifs is 1. The molecule has 5 rings (SSSR count). The van der Waals surface area contributed by atoms with E-state index in [1.165, 1.54) is 16.6 Å². The summed E-state index contributed by atoms with van der Waals surface area (Å²) >= 11 is 0. The molecule has 0 atom stereocenters. The van der Waals surface area contributed by atoms with Crippen molar-refractivity contribution in [1.29, 1.82) is 0 Å². The first-order chi connectivity index (χ1) is 16.7. The summed E-state index contributed by atoms with van der Waals surface area (Å²) in [6, 6.07) is 16.5. The lowest BCUT2D eigenvalue weighted by atomic mass is 10.2. The molecule has 4 heterocycles. The Hall–Kier alpha value is -3.65. The van der Waals surface area contributed by atoms with Gasteiger partial charge in [-0.25, -0.2) is 4.98 Å². The van der Waals surface area contributed by atoms with Crippen LogP contribution in [0.2, 0.25) is 0 Å². The number of morpholine rings is 1. The lowest BCUT2D eigenvalue weighted by Crippen LogP contribution is -2.37. The fourth-order valence-corrected chi connectivity index (χ4v) is 4.12. The molecule has 0 bridgehead atoms. The fourth-order valence-electron chi connectivity index (χ4n) is 4.12. The molecule has 1 aromatic carbocycles. The van der Waals surface area contributed by atoms with Crippen LogP contribution in [0.5, 0.6) is 5.88 Å². The van der Waals surface area contributed by atoms with E-state index < -0.39 is 0 Å². The Morgan fingerprint density at radius 3 is 2.74 bits per heavy atom. The van der Waals surface area contributed by atoms with Crippen LogP contribution in [-0.4, -0.2) is 52.4 Å². The minimum Gasteiger partial charge on any atom is -0.477 e. The molecule has 1 aliphatic heterocycles. The maximum Gasteiger partial charge on any atom is 0.229 e. The predicted octanol–water partition coefficient (Wildman–Crippen LogP) is 3.74. The Bertz CT molecular complexity index is 1250. The second-order valence-electron chi connectivity index (χ2n) is 8.49. The molecule has 0 saturated carbocycles. The molecule has 3 aromatic heterocycles. The van der Waals surface area contributed by atoms with Gasteiger partial charge in [0.25, 0.3) is 0 Å². The van der Waals surface area contributed by atoms with E-state index >= 15 is 0 Å². The average molecular weight is 459 g/mol. The van der Waals surface area contributed by atoms with Crippen LogP contribution in [0.25, 0.3) is 10.9 Å². The molecule has 0 spiro atoms. The van der Waals surface area contributed by atoms with Crippen LogP contribution in [0.15, 0.2) is 54.7 Å². The molecule has 0 amide bonds. The fraction of sp³-hybridized carbons (Fsp3) is 0.346. The molecule has 4 aromatic rings. The highest BCUT2D eigenvalue weighted by atomic mass is 16.5. The van der Waals surface area contributed by atoms with E-state index in [9.17, 15) is 0 Å². The number of hydrogen-bond acceptors (Lipinski definition) is 7. The standard InChI is InChI=1S/C26H30N6O2/c1-19-15-20-16-22(6-7-24(20)31(19)2)28-18-23-17-25(34-12-8-21-5-3-4-9-27-21)30-26(29-23)32-10-13-33-14-11-32/h3-7,9,15-17,28H,8,10-14,18H2,1-2H3. The summed E-state index contributed by atoms with van der Waals surface area (Å²) in [5.74, 6) is 1.27. The van der Waals surface area contributed by atoms with Crippen LogP contribution < -0.4 is 15.0 Å². The number of nitrogens with zero attached hydrogens (tertiary/aromatic N) is 5. The van der Waals surface area contributed by atoms with Crippen LogP contribution in [0.1, 0.15) is 17.1 Å². The molecule has 0 radical (unpaired) electrons. The normalized spacial score (nSPS) is 13.9. The summed E-state index contributed by atoms with van der Waals surface area (Å²) in [6.07, 6.45) is 2.52. The number of anilines is 2. The molecule has 0 unspecified atom stereocenters. The van der Waals surface area contributed by atoms with Crippen molar-refractivity contribution in [3.05, 3.63) is 71.8 Å². The molecular formula is C26H30N6O2. The van der Waals surface area contributed by atoms with E-state index in [4.69, 9.17) is 14.5 Å². The average Bonchev–Trinajstić information content (AvgIpc) is 3.16. The smallest absolute Gasteiger partial charge is 0.229 e. The first-order valence-electron chi connectivity index (χ1n) is 11.7. The number of benzene rings is 1. The number of nitrogens with one attached hydrogen (secondary N) is 1. The van der Waals surface area contributed by atoms with E-state index in [1.807, 2.05) is 24.3 Å². The van der Waals surface area contributed by atoms with Crippen LogP contribution in [0.3, 0.4) is 0 Å². The van der Waals surface area contributed by atoms with Crippen molar-refractivity contribution in [1.82, 2.24) is 19.5 Å². The zero-order valence-electron chi connectivity index (χ0n) is 19.7. The molecule has 176 valence electrons. The van der Waals surface area contributed by atoms with E-state index in [1.54, 1.807) is 6.20 Å².